The summed E-state index contributed by atoms with van der Waals surface area (Å²) < 4.78 is 43.9. The lowest BCUT2D eigenvalue weighted by atomic mass is 9.55. The Bertz CT molecular complexity index is 1450. The van der Waals surface area contributed by atoms with Gasteiger partial charge in [-0.3, -0.25) is 19.3 Å². The molecule has 0 saturated carbocycles. The van der Waals surface area contributed by atoms with Crippen LogP contribution >= 0.6 is 0 Å². The first kappa shape index (κ1) is 25.8. The molecule has 1 aliphatic heterocycles. The molecule has 7 nitrogen and oxygen atoms in total. The summed E-state index contributed by atoms with van der Waals surface area (Å²) in [5.74, 6) is -4.75. The van der Waals surface area contributed by atoms with Crippen molar-refractivity contribution in [3.05, 3.63) is 101 Å². The van der Waals surface area contributed by atoms with Crippen LogP contribution in [-0.2, 0) is 30.1 Å². The van der Waals surface area contributed by atoms with Gasteiger partial charge < -0.3 is 10.1 Å². The number of imide groups is 1. The molecule has 1 heterocycles. The van der Waals surface area contributed by atoms with Crippen molar-refractivity contribution >= 4 is 29.4 Å². The zero-order valence-corrected chi connectivity index (χ0v) is 21.1. The molecule has 1 saturated heterocycles. The molecule has 1 fully saturated rings. The van der Waals surface area contributed by atoms with Crippen molar-refractivity contribution in [2.75, 3.05) is 11.9 Å². The Balaban J connectivity index is 1.18. The van der Waals surface area contributed by atoms with Crippen LogP contribution in [0.2, 0.25) is 0 Å². The van der Waals surface area contributed by atoms with Crippen molar-refractivity contribution in [2.24, 2.45) is 11.8 Å². The first-order valence-corrected chi connectivity index (χ1v) is 12.8. The third-order valence-corrected chi connectivity index (χ3v) is 8.03. The Hall–Kier alpha value is -4.47. The first-order chi connectivity index (χ1) is 19.1. The van der Waals surface area contributed by atoms with E-state index in [1.54, 1.807) is 0 Å². The van der Waals surface area contributed by atoms with E-state index in [1.807, 2.05) is 48.5 Å². The smallest absolute Gasteiger partial charge is 0.416 e. The molecule has 2 bridgehead atoms. The number of hydrogen-bond donors (Lipinski definition) is 1. The SMILES string of the molecule is C[C@H](C(=O)OCC(=O)Nc1cccc(C(F)(F)F)c1)N1C(=O)[C@@H]2C3c4ccccc4C(c4ccccc43)[C@@H]2C1=O. The minimum absolute atomic E-state index is 0.118. The summed E-state index contributed by atoms with van der Waals surface area (Å²) >= 11 is 0. The van der Waals surface area contributed by atoms with E-state index >= 15 is 0 Å². The van der Waals surface area contributed by atoms with Crippen molar-refractivity contribution in [2.45, 2.75) is 31.0 Å². The van der Waals surface area contributed by atoms with Gasteiger partial charge in [0, 0.05) is 17.5 Å². The number of carbonyl (C=O) groups excluding carboxylic acids is 4. The number of likely N-dealkylation sites (tertiary alicyclic amines) is 1. The molecule has 0 radical (unpaired) electrons. The fourth-order valence-electron chi connectivity index (χ4n) is 6.42. The van der Waals surface area contributed by atoms with Crippen LogP contribution in [0.25, 0.3) is 0 Å². The number of rotatable bonds is 5. The van der Waals surface area contributed by atoms with Crippen LogP contribution in [0, 0.1) is 11.8 Å². The Labute approximate surface area is 226 Å². The molecular weight excluding hydrogens is 525 g/mol. The number of ether oxygens (including phenoxy) is 1. The highest BCUT2D eigenvalue weighted by Gasteiger charge is 2.62. The quantitative estimate of drug-likeness (QED) is 0.375. The Morgan fingerprint density at radius 2 is 1.35 bits per heavy atom. The summed E-state index contributed by atoms with van der Waals surface area (Å²) in [4.78, 5) is 53.6. The summed E-state index contributed by atoms with van der Waals surface area (Å²) in [5.41, 5.74) is 2.93. The van der Waals surface area contributed by atoms with Gasteiger partial charge in [0.25, 0.3) is 5.91 Å². The normalized spacial score (nSPS) is 23.2. The third-order valence-electron chi connectivity index (χ3n) is 8.03. The first-order valence-electron chi connectivity index (χ1n) is 12.8. The second-order valence-electron chi connectivity index (χ2n) is 10.2. The van der Waals surface area contributed by atoms with Gasteiger partial charge in [-0.1, -0.05) is 54.6 Å². The zero-order chi connectivity index (χ0) is 28.3. The van der Waals surface area contributed by atoms with Crippen LogP contribution in [-0.4, -0.2) is 41.2 Å². The van der Waals surface area contributed by atoms with E-state index in [4.69, 9.17) is 4.74 Å². The van der Waals surface area contributed by atoms with Gasteiger partial charge in [0.05, 0.1) is 17.4 Å². The summed E-state index contributed by atoms with van der Waals surface area (Å²) in [6.45, 7) is 0.562. The highest BCUT2D eigenvalue weighted by atomic mass is 19.4. The van der Waals surface area contributed by atoms with Gasteiger partial charge in [0.15, 0.2) is 6.61 Å². The lowest BCUT2D eigenvalue weighted by Gasteiger charge is -2.45. The predicted octanol–water partition coefficient (Wildman–Crippen LogP) is 4.47. The molecule has 204 valence electrons. The Morgan fingerprint density at radius 3 is 1.82 bits per heavy atom. The minimum atomic E-state index is -4.59. The van der Waals surface area contributed by atoms with E-state index in [-0.39, 0.29) is 17.5 Å². The predicted molar refractivity (Wildman–Crippen MR) is 136 cm³/mol. The molecule has 0 unspecified atom stereocenters. The number of benzene rings is 3. The van der Waals surface area contributed by atoms with Crippen LogP contribution in [0.5, 0.6) is 0 Å². The average Bonchev–Trinajstić information content (AvgIpc) is 3.21. The third kappa shape index (κ3) is 3.97. The van der Waals surface area contributed by atoms with Gasteiger partial charge in [-0.05, 0) is 47.4 Å². The maximum Gasteiger partial charge on any atom is 0.416 e. The molecule has 7 rings (SSSR count). The largest absolute Gasteiger partial charge is 0.454 e. The Morgan fingerprint density at radius 1 is 0.850 bits per heavy atom. The lowest BCUT2D eigenvalue weighted by molar-refractivity contribution is -0.159. The lowest BCUT2D eigenvalue weighted by Crippen LogP contribution is -2.45. The molecule has 3 aromatic carbocycles. The van der Waals surface area contributed by atoms with Crippen molar-refractivity contribution in [1.29, 1.82) is 0 Å². The van der Waals surface area contributed by atoms with Gasteiger partial charge in [-0.25, -0.2) is 4.79 Å². The highest BCUT2D eigenvalue weighted by Crippen LogP contribution is 2.61. The van der Waals surface area contributed by atoms with E-state index in [0.29, 0.717) is 0 Å². The van der Waals surface area contributed by atoms with Crippen LogP contribution in [0.3, 0.4) is 0 Å². The summed E-state index contributed by atoms with van der Waals surface area (Å²) in [6, 6.07) is 18.2. The summed E-state index contributed by atoms with van der Waals surface area (Å²) in [7, 11) is 0. The van der Waals surface area contributed by atoms with Gasteiger partial charge in [0.1, 0.15) is 6.04 Å². The number of alkyl halides is 3. The molecule has 10 heteroatoms. The molecule has 3 aliphatic carbocycles. The van der Waals surface area contributed by atoms with Crippen LogP contribution in [0.1, 0.15) is 46.6 Å². The molecule has 3 amide bonds. The number of anilines is 1. The fourth-order valence-corrected chi connectivity index (χ4v) is 6.42. The maximum atomic E-state index is 13.7. The summed E-state index contributed by atoms with van der Waals surface area (Å²) in [5, 5.41) is 2.25. The van der Waals surface area contributed by atoms with E-state index in [0.717, 1.165) is 45.4 Å². The molecule has 0 aromatic heterocycles. The monoisotopic (exact) mass is 548 g/mol. The van der Waals surface area contributed by atoms with Crippen molar-refractivity contribution in [3.8, 4) is 0 Å². The standard InChI is InChI=1S/C30H23F3N2O5/c1-15(29(39)40-14-22(36)34-17-8-6-7-16(13-17)30(31,32)33)35-27(37)25-23-18-9-2-3-10-19(18)24(26(25)28(35)38)21-12-5-4-11-20(21)23/h2-13,15,23-26H,14H2,1H3,(H,34,36)/t15-,23?,24?,25-,26+/m1/s1. The van der Waals surface area contributed by atoms with Crippen LogP contribution in [0.15, 0.2) is 72.8 Å². The van der Waals surface area contributed by atoms with Crippen molar-refractivity contribution in [1.82, 2.24) is 4.90 Å². The molecule has 40 heavy (non-hydrogen) atoms. The number of nitrogens with zero attached hydrogens (tertiary/aromatic N) is 1. The van der Waals surface area contributed by atoms with Crippen molar-refractivity contribution in [3.63, 3.8) is 0 Å². The molecule has 3 atom stereocenters. The van der Waals surface area contributed by atoms with Crippen molar-refractivity contribution < 1.29 is 37.1 Å². The molecule has 4 aliphatic rings. The minimum Gasteiger partial charge on any atom is -0.454 e. The number of nitrogens with one attached hydrogen (secondary N) is 1. The zero-order valence-electron chi connectivity index (χ0n) is 21.1. The summed E-state index contributed by atoms with van der Waals surface area (Å²) in [6.07, 6.45) is -4.59. The van der Waals surface area contributed by atoms with E-state index < -0.39 is 59.9 Å². The topological polar surface area (TPSA) is 92.8 Å². The van der Waals surface area contributed by atoms with Gasteiger partial charge in [-0.15, -0.1) is 0 Å². The highest BCUT2D eigenvalue weighted by molar-refractivity contribution is 6.10. The number of halogens is 3. The van der Waals surface area contributed by atoms with Crippen LogP contribution in [0.4, 0.5) is 18.9 Å². The molecule has 0 spiro atoms. The fraction of sp³-hybridized carbons (Fsp3) is 0.267. The second-order valence-corrected chi connectivity index (χ2v) is 10.2. The van der Waals surface area contributed by atoms with E-state index in [9.17, 15) is 32.3 Å². The van der Waals surface area contributed by atoms with Gasteiger partial charge >= 0.3 is 12.1 Å². The average molecular weight is 549 g/mol. The number of amides is 3. The Kier molecular flexibility index (Phi) is 6.01. The molecule has 3 aromatic rings. The number of carbonyl (C=O) groups is 4. The van der Waals surface area contributed by atoms with E-state index in [1.165, 1.54) is 13.0 Å². The van der Waals surface area contributed by atoms with Crippen LogP contribution < -0.4 is 5.32 Å². The van der Waals surface area contributed by atoms with Gasteiger partial charge in [-0.2, -0.15) is 13.2 Å². The van der Waals surface area contributed by atoms with Gasteiger partial charge in [0.2, 0.25) is 11.8 Å². The molecular formula is C30H23F3N2O5. The second kappa shape index (κ2) is 9.32. The maximum absolute atomic E-state index is 13.7. The number of hydrogen-bond acceptors (Lipinski definition) is 5. The number of esters is 1. The van der Waals surface area contributed by atoms with E-state index in [2.05, 4.69) is 5.32 Å². The molecule has 1 N–H and O–H groups in total.